The second-order valence-electron chi connectivity index (χ2n) is 3.95. The lowest BCUT2D eigenvalue weighted by molar-refractivity contribution is -0.109. The van der Waals surface area contributed by atoms with Crippen LogP contribution in [-0.4, -0.2) is 44.6 Å². The third-order valence-corrected chi connectivity index (χ3v) is 5.05. The van der Waals surface area contributed by atoms with Crippen LogP contribution in [0.2, 0.25) is 0 Å². The number of hydrogen-bond acceptors (Lipinski definition) is 4. The number of alkyl halides is 1. The van der Waals surface area contributed by atoms with Crippen molar-refractivity contribution in [2.75, 3.05) is 26.0 Å². The van der Waals surface area contributed by atoms with Gasteiger partial charge in [-0.2, -0.15) is 0 Å². The fourth-order valence-corrected chi connectivity index (χ4v) is 3.61. The maximum absolute atomic E-state index is 13.4. The lowest BCUT2D eigenvalue weighted by Gasteiger charge is -2.14. The van der Waals surface area contributed by atoms with E-state index in [0.717, 1.165) is 6.42 Å². The molecule has 0 amide bonds. The van der Waals surface area contributed by atoms with Crippen molar-refractivity contribution in [3.8, 4) is 0 Å². The smallest absolute Gasteiger partial charge is 0.206 e. The zero-order chi connectivity index (χ0) is 12.7. The maximum atomic E-state index is 13.4. The van der Waals surface area contributed by atoms with E-state index in [1.165, 1.54) is 13.2 Å². The molecule has 1 aliphatic heterocycles. The van der Waals surface area contributed by atoms with E-state index < -0.39 is 19.6 Å². The Morgan fingerprint density at radius 2 is 2.35 bits per heavy atom. The average molecular weight is 264 g/mol. The fourth-order valence-electron chi connectivity index (χ4n) is 1.67. The molecule has 0 N–H and O–H groups in total. The van der Waals surface area contributed by atoms with Crippen molar-refractivity contribution in [2.45, 2.75) is 25.1 Å². The maximum Gasteiger partial charge on any atom is 0.206 e. The van der Waals surface area contributed by atoms with Gasteiger partial charge in [-0.25, -0.2) is 4.39 Å². The van der Waals surface area contributed by atoms with Gasteiger partial charge in [0.2, 0.25) is 7.37 Å². The van der Waals surface area contributed by atoms with E-state index >= 15 is 0 Å². The molecule has 0 aromatic rings. The molecule has 0 spiro atoms. The molecule has 98 valence electrons. The van der Waals surface area contributed by atoms with E-state index in [0.29, 0.717) is 25.2 Å². The first-order valence-electron chi connectivity index (χ1n) is 5.61. The first kappa shape index (κ1) is 14.6. The third kappa shape index (κ3) is 4.70. The summed E-state index contributed by atoms with van der Waals surface area (Å²) >= 11 is 0. The molecule has 0 saturated carbocycles. The van der Waals surface area contributed by atoms with Gasteiger partial charge in [0, 0.05) is 25.9 Å². The number of aldehydes is 1. The van der Waals surface area contributed by atoms with Crippen molar-refractivity contribution in [1.29, 1.82) is 0 Å². The number of allylic oxidation sites excluding steroid dienone is 1. The fraction of sp³-hybridized carbons (Fsp3) is 0.727. The van der Waals surface area contributed by atoms with E-state index in [9.17, 15) is 13.8 Å². The van der Waals surface area contributed by atoms with Gasteiger partial charge in [-0.05, 0) is 6.42 Å². The van der Waals surface area contributed by atoms with E-state index in [-0.39, 0.29) is 6.42 Å². The largest absolute Gasteiger partial charge is 0.374 e. The van der Waals surface area contributed by atoms with Gasteiger partial charge in [-0.1, -0.05) is 12.2 Å². The number of halogens is 1. The Bertz CT molecular complexity index is 309. The molecule has 1 saturated heterocycles. The van der Waals surface area contributed by atoms with Crippen LogP contribution in [0.4, 0.5) is 4.39 Å². The predicted octanol–water partition coefficient (Wildman–Crippen LogP) is 2.18. The Morgan fingerprint density at radius 1 is 1.59 bits per heavy atom. The van der Waals surface area contributed by atoms with Crippen LogP contribution in [0, 0.1) is 0 Å². The van der Waals surface area contributed by atoms with Crippen LogP contribution in [0.1, 0.15) is 12.8 Å². The second kappa shape index (κ2) is 7.04. The summed E-state index contributed by atoms with van der Waals surface area (Å²) in [5.74, 6) is 0. The van der Waals surface area contributed by atoms with E-state index in [2.05, 4.69) is 0 Å². The Labute approximate surface area is 101 Å². The molecule has 0 aliphatic carbocycles. The number of rotatable bonds is 7. The lowest BCUT2D eigenvalue weighted by atomic mass is 10.1. The second-order valence-corrected chi connectivity index (χ2v) is 6.65. The molecule has 0 bridgehead atoms. The molecule has 6 heteroatoms. The SMILES string of the molecule is COC(/C=C/CP1(=O)CCCO1)C(F)CC=O. The van der Waals surface area contributed by atoms with Crippen molar-refractivity contribution in [1.82, 2.24) is 0 Å². The number of carbonyl (C=O) groups is 1. The number of hydrogen-bond donors (Lipinski definition) is 0. The Kier molecular flexibility index (Phi) is 6.03. The number of methoxy groups -OCH3 is 1. The van der Waals surface area contributed by atoms with Gasteiger partial charge in [0.15, 0.2) is 0 Å². The molecular formula is C11H18FO4P. The average Bonchev–Trinajstić information content (AvgIpc) is 2.72. The standard InChI is InChI=1S/C11H18FO4P/c1-15-11(10(12)5-6-13)4-2-8-17(14)9-3-7-16-17/h2,4,6,10-11H,3,5,7-9H2,1H3/b4-2+. The quantitative estimate of drug-likeness (QED) is 0.402. The molecule has 1 heterocycles. The zero-order valence-corrected chi connectivity index (χ0v) is 10.8. The minimum Gasteiger partial charge on any atom is -0.374 e. The summed E-state index contributed by atoms with van der Waals surface area (Å²) < 4.78 is 35.4. The van der Waals surface area contributed by atoms with Gasteiger partial charge >= 0.3 is 0 Å². The van der Waals surface area contributed by atoms with Crippen molar-refractivity contribution in [3.63, 3.8) is 0 Å². The summed E-state index contributed by atoms with van der Waals surface area (Å²) in [4.78, 5) is 10.2. The van der Waals surface area contributed by atoms with Gasteiger partial charge in [-0.15, -0.1) is 0 Å². The van der Waals surface area contributed by atoms with E-state index in [4.69, 9.17) is 9.26 Å². The minimum atomic E-state index is -2.52. The molecule has 1 aliphatic rings. The lowest BCUT2D eigenvalue weighted by Crippen LogP contribution is -2.22. The molecule has 0 aromatic carbocycles. The summed E-state index contributed by atoms with van der Waals surface area (Å²) in [6, 6.07) is 0. The summed E-state index contributed by atoms with van der Waals surface area (Å²) in [6.45, 7) is 0.537. The van der Waals surface area contributed by atoms with Crippen molar-refractivity contribution in [2.24, 2.45) is 0 Å². The number of carbonyl (C=O) groups excluding carboxylic acids is 1. The van der Waals surface area contributed by atoms with Gasteiger partial charge in [0.25, 0.3) is 0 Å². The number of ether oxygens (including phenoxy) is 1. The normalized spacial score (nSPS) is 28.4. The highest BCUT2D eigenvalue weighted by Crippen LogP contribution is 2.51. The molecule has 0 radical (unpaired) electrons. The first-order chi connectivity index (χ1) is 8.11. The summed E-state index contributed by atoms with van der Waals surface area (Å²) in [7, 11) is -1.14. The minimum absolute atomic E-state index is 0.197. The summed E-state index contributed by atoms with van der Waals surface area (Å²) in [5, 5.41) is 0. The van der Waals surface area contributed by atoms with Crippen LogP contribution < -0.4 is 0 Å². The Balaban J connectivity index is 2.44. The van der Waals surface area contributed by atoms with Gasteiger partial charge in [0.05, 0.1) is 6.61 Å². The van der Waals surface area contributed by atoms with Crippen molar-refractivity contribution >= 4 is 13.7 Å². The molecule has 17 heavy (non-hydrogen) atoms. The van der Waals surface area contributed by atoms with Crippen molar-refractivity contribution < 1.29 is 23.0 Å². The van der Waals surface area contributed by atoms with Crippen LogP contribution in [0.15, 0.2) is 12.2 Å². The van der Waals surface area contributed by atoms with Crippen LogP contribution >= 0.6 is 7.37 Å². The molecule has 1 rings (SSSR count). The highest BCUT2D eigenvalue weighted by molar-refractivity contribution is 7.59. The summed E-state index contributed by atoms with van der Waals surface area (Å²) in [6.07, 6.45) is 3.03. The molecule has 4 nitrogen and oxygen atoms in total. The van der Waals surface area contributed by atoms with Crippen LogP contribution in [0.3, 0.4) is 0 Å². The van der Waals surface area contributed by atoms with Crippen molar-refractivity contribution in [3.05, 3.63) is 12.2 Å². The van der Waals surface area contributed by atoms with Crippen LogP contribution in [-0.2, 0) is 18.6 Å². The molecule has 1 fully saturated rings. The Morgan fingerprint density at radius 3 is 2.88 bits per heavy atom. The third-order valence-electron chi connectivity index (χ3n) is 2.63. The van der Waals surface area contributed by atoms with E-state index in [1.807, 2.05) is 0 Å². The van der Waals surface area contributed by atoms with Gasteiger partial charge in [-0.3, -0.25) is 4.57 Å². The first-order valence-corrected chi connectivity index (χ1v) is 7.60. The monoisotopic (exact) mass is 264 g/mol. The van der Waals surface area contributed by atoms with Gasteiger partial charge < -0.3 is 14.1 Å². The molecule has 3 unspecified atom stereocenters. The van der Waals surface area contributed by atoms with E-state index in [1.54, 1.807) is 6.08 Å². The molecule has 3 atom stereocenters. The molecular weight excluding hydrogens is 246 g/mol. The van der Waals surface area contributed by atoms with Crippen LogP contribution in [0.5, 0.6) is 0 Å². The zero-order valence-electron chi connectivity index (χ0n) is 9.88. The molecule has 0 aromatic heterocycles. The predicted molar refractivity (Wildman–Crippen MR) is 63.4 cm³/mol. The highest BCUT2D eigenvalue weighted by atomic mass is 31.2. The van der Waals surface area contributed by atoms with Crippen LogP contribution in [0.25, 0.3) is 0 Å². The van der Waals surface area contributed by atoms with Gasteiger partial charge in [0.1, 0.15) is 18.6 Å². The highest BCUT2D eigenvalue weighted by Gasteiger charge is 2.26. The Hall–Kier alpha value is -0.510. The topological polar surface area (TPSA) is 52.6 Å². The summed E-state index contributed by atoms with van der Waals surface area (Å²) in [5.41, 5.74) is 0.